The van der Waals surface area contributed by atoms with Gasteiger partial charge in [-0.1, -0.05) is 6.07 Å². The van der Waals surface area contributed by atoms with Crippen LogP contribution < -0.4 is 10.1 Å². The summed E-state index contributed by atoms with van der Waals surface area (Å²) in [6.45, 7) is 4.70. The van der Waals surface area contributed by atoms with Gasteiger partial charge in [0, 0.05) is 51.5 Å². The SMILES string of the molecule is CN=C(NCc1cccnc1OC1CCCC1)N1CCC(COCCOC)C1.I. The van der Waals surface area contributed by atoms with E-state index < -0.39 is 0 Å². The molecule has 7 nitrogen and oxygen atoms in total. The first-order valence-corrected chi connectivity index (χ1v) is 10.4. The smallest absolute Gasteiger partial charge is 0.218 e. The molecule has 1 aliphatic carbocycles. The Hall–Kier alpha value is -1.13. The molecule has 1 unspecified atom stereocenters. The van der Waals surface area contributed by atoms with Crippen LogP contribution in [0.5, 0.6) is 5.88 Å². The molecule has 1 saturated heterocycles. The molecule has 1 N–H and O–H groups in total. The quantitative estimate of drug-likeness (QED) is 0.235. The molecule has 2 fully saturated rings. The zero-order valence-electron chi connectivity index (χ0n) is 17.6. The summed E-state index contributed by atoms with van der Waals surface area (Å²) in [7, 11) is 3.53. The molecule has 1 atom stereocenters. The molecule has 1 saturated carbocycles. The Morgan fingerprint density at radius 2 is 2.10 bits per heavy atom. The molecule has 0 radical (unpaired) electrons. The summed E-state index contributed by atoms with van der Waals surface area (Å²) in [5.74, 6) is 2.22. The molecule has 1 aliphatic heterocycles. The fourth-order valence-corrected chi connectivity index (χ4v) is 3.89. The largest absolute Gasteiger partial charge is 0.474 e. The van der Waals surface area contributed by atoms with E-state index in [4.69, 9.17) is 14.2 Å². The number of nitrogens with one attached hydrogen (secondary N) is 1. The Bertz CT molecular complexity index is 626. The molecule has 2 aliphatic rings. The van der Waals surface area contributed by atoms with E-state index in [1.54, 1.807) is 13.3 Å². The van der Waals surface area contributed by atoms with Crippen molar-refractivity contribution in [3.05, 3.63) is 23.9 Å². The first-order valence-electron chi connectivity index (χ1n) is 10.4. The van der Waals surface area contributed by atoms with Gasteiger partial charge in [-0.2, -0.15) is 0 Å². The number of nitrogens with zero attached hydrogens (tertiary/aromatic N) is 3. The predicted molar refractivity (Wildman–Crippen MR) is 125 cm³/mol. The van der Waals surface area contributed by atoms with Crippen molar-refractivity contribution in [1.82, 2.24) is 15.2 Å². The van der Waals surface area contributed by atoms with Gasteiger partial charge in [0.1, 0.15) is 6.10 Å². The number of methoxy groups -OCH3 is 1. The second-order valence-electron chi connectivity index (χ2n) is 7.56. The van der Waals surface area contributed by atoms with Gasteiger partial charge >= 0.3 is 0 Å². The minimum absolute atomic E-state index is 0. The van der Waals surface area contributed by atoms with Crippen LogP contribution in [0.15, 0.2) is 23.3 Å². The molecule has 2 heterocycles. The summed E-state index contributed by atoms with van der Waals surface area (Å²) in [6, 6.07) is 4.04. The number of guanidine groups is 1. The number of hydrogen-bond donors (Lipinski definition) is 1. The third-order valence-electron chi connectivity index (χ3n) is 5.45. The number of aromatic nitrogens is 1. The van der Waals surface area contributed by atoms with Crippen molar-refractivity contribution >= 4 is 29.9 Å². The molecule has 0 spiro atoms. The Balaban J connectivity index is 0.00000300. The van der Waals surface area contributed by atoms with Gasteiger partial charge in [-0.05, 0) is 38.2 Å². The average Bonchev–Trinajstić information content (AvgIpc) is 3.39. The van der Waals surface area contributed by atoms with Crippen LogP contribution in [0.1, 0.15) is 37.7 Å². The number of ether oxygens (including phenoxy) is 3. The maximum Gasteiger partial charge on any atom is 0.218 e. The topological polar surface area (TPSA) is 68.2 Å². The van der Waals surface area contributed by atoms with E-state index >= 15 is 0 Å². The van der Waals surface area contributed by atoms with Crippen LogP contribution in [0.3, 0.4) is 0 Å². The van der Waals surface area contributed by atoms with Crippen LogP contribution in [-0.4, -0.2) is 69.0 Å². The van der Waals surface area contributed by atoms with Gasteiger partial charge in [0.2, 0.25) is 5.88 Å². The highest BCUT2D eigenvalue weighted by Crippen LogP contribution is 2.25. The van der Waals surface area contributed by atoms with Crippen molar-refractivity contribution < 1.29 is 14.2 Å². The normalized spacial score (nSPS) is 20.0. The standard InChI is InChI=1S/C21H34N4O3.HI/c1-22-21(25-11-9-17(15-25)16-27-13-12-26-2)24-14-18-6-5-10-23-20(18)28-19-7-3-4-8-19;/h5-6,10,17,19H,3-4,7-9,11-16H2,1-2H3,(H,22,24);1H. The minimum Gasteiger partial charge on any atom is -0.474 e. The molecule has 0 amide bonds. The van der Waals surface area contributed by atoms with E-state index in [0.29, 0.717) is 31.8 Å². The number of rotatable bonds is 9. The van der Waals surface area contributed by atoms with Crippen LogP contribution in [0.4, 0.5) is 0 Å². The summed E-state index contributed by atoms with van der Waals surface area (Å²) >= 11 is 0. The van der Waals surface area contributed by atoms with Gasteiger partial charge in [-0.25, -0.2) is 4.98 Å². The molecular weight excluding hydrogens is 483 g/mol. The van der Waals surface area contributed by atoms with Crippen LogP contribution in [0, 0.1) is 5.92 Å². The highest BCUT2D eigenvalue weighted by atomic mass is 127. The third-order valence-corrected chi connectivity index (χ3v) is 5.45. The average molecular weight is 518 g/mol. The monoisotopic (exact) mass is 518 g/mol. The van der Waals surface area contributed by atoms with Gasteiger partial charge in [0.05, 0.1) is 19.8 Å². The molecule has 1 aromatic rings. The van der Waals surface area contributed by atoms with Gasteiger partial charge in [0.15, 0.2) is 5.96 Å². The van der Waals surface area contributed by atoms with Gasteiger partial charge in [-0.15, -0.1) is 24.0 Å². The predicted octanol–water partition coefficient (Wildman–Crippen LogP) is 3.08. The second-order valence-corrected chi connectivity index (χ2v) is 7.56. The lowest BCUT2D eigenvalue weighted by molar-refractivity contribution is 0.0536. The summed E-state index contributed by atoms with van der Waals surface area (Å²) in [5, 5.41) is 3.49. The first kappa shape index (κ1) is 24.1. The summed E-state index contributed by atoms with van der Waals surface area (Å²) < 4.78 is 16.9. The Morgan fingerprint density at radius 1 is 1.28 bits per heavy atom. The molecule has 3 rings (SSSR count). The van der Waals surface area contributed by atoms with Gasteiger partial charge < -0.3 is 24.4 Å². The maximum absolute atomic E-state index is 6.15. The molecular formula is C21H35IN4O3. The van der Waals surface area contributed by atoms with Crippen LogP contribution in [0.2, 0.25) is 0 Å². The molecule has 29 heavy (non-hydrogen) atoms. The van der Waals surface area contributed by atoms with Crippen molar-refractivity contribution in [3.63, 3.8) is 0 Å². The van der Waals surface area contributed by atoms with E-state index in [9.17, 15) is 0 Å². The van der Waals surface area contributed by atoms with E-state index in [-0.39, 0.29) is 24.0 Å². The second kappa shape index (κ2) is 13.2. The summed E-state index contributed by atoms with van der Waals surface area (Å²) in [5.41, 5.74) is 1.08. The number of likely N-dealkylation sites (tertiary alicyclic amines) is 1. The first-order chi connectivity index (χ1) is 13.8. The lowest BCUT2D eigenvalue weighted by atomic mass is 10.1. The molecule has 164 valence electrons. The van der Waals surface area contributed by atoms with E-state index in [2.05, 4.69) is 26.3 Å². The molecule has 1 aromatic heterocycles. The molecule has 0 bridgehead atoms. The number of pyridine rings is 1. The zero-order chi connectivity index (χ0) is 19.6. The van der Waals surface area contributed by atoms with Crippen molar-refractivity contribution in [2.75, 3.05) is 47.1 Å². The summed E-state index contributed by atoms with van der Waals surface area (Å²) in [4.78, 5) is 11.2. The Labute approximate surface area is 191 Å². The highest BCUT2D eigenvalue weighted by Gasteiger charge is 2.25. The van der Waals surface area contributed by atoms with Crippen molar-refractivity contribution in [3.8, 4) is 5.88 Å². The van der Waals surface area contributed by atoms with Crippen LogP contribution in [-0.2, 0) is 16.0 Å². The fourth-order valence-electron chi connectivity index (χ4n) is 3.89. The number of halogens is 1. The van der Waals surface area contributed by atoms with Crippen molar-refractivity contribution in [1.29, 1.82) is 0 Å². The van der Waals surface area contributed by atoms with Crippen LogP contribution >= 0.6 is 24.0 Å². The Morgan fingerprint density at radius 3 is 2.86 bits per heavy atom. The minimum atomic E-state index is 0. The fraction of sp³-hybridized carbons (Fsp3) is 0.714. The van der Waals surface area contributed by atoms with E-state index in [1.165, 1.54) is 12.8 Å². The lowest BCUT2D eigenvalue weighted by Gasteiger charge is -2.22. The van der Waals surface area contributed by atoms with E-state index in [0.717, 1.165) is 56.4 Å². The van der Waals surface area contributed by atoms with Crippen LogP contribution in [0.25, 0.3) is 0 Å². The summed E-state index contributed by atoms with van der Waals surface area (Å²) in [6.07, 6.45) is 8.00. The zero-order valence-corrected chi connectivity index (χ0v) is 20.0. The van der Waals surface area contributed by atoms with Crippen molar-refractivity contribution in [2.24, 2.45) is 10.9 Å². The van der Waals surface area contributed by atoms with Gasteiger partial charge in [-0.3, -0.25) is 4.99 Å². The third kappa shape index (κ3) is 7.57. The van der Waals surface area contributed by atoms with Gasteiger partial charge in [0.25, 0.3) is 0 Å². The Kier molecular flexibility index (Phi) is 11.0. The highest BCUT2D eigenvalue weighted by molar-refractivity contribution is 14.0. The van der Waals surface area contributed by atoms with E-state index in [1.807, 2.05) is 13.1 Å². The number of aliphatic imine (C=N–C) groups is 1. The lowest BCUT2D eigenvalue weighted by Crippen LogP contribution is -2.40. The molecule has 8 heteroatoms. The maximum atomic E-state index is 6.15. The van der Waals surface area contributed by atoms with Crippen molar-refractivity contribution in [2.45, 2.75) is 44.8 Å². The number of hydrogen-bond acceptors (Lipinski definition) is 5. The molecule has 0 aromatic carbocycles.